The largest absolute Gasteiger partial charge is 0.358 e. The van der Waals surface area contributed by atoms with Crippen LogP contribution in [0.5, 0.6) is 0 Å². The maximum atomic E-state index is 5.75. The molecule has 84 valence electrons. The molecule has 16 heavy (non-hydrogen) atoms. The first-order chi connectivity index (χ1) is 7.72. The van der Waals surface area contributed by atoms with Crippen LogP contribution in [0.15, 0.2) is 42.0 Å². The number of nitrogens with one attached hydrogen (secondary N) is 2. The highest BCUT2D eigenvalue weighted by molar-refractivity contribution is 7.80. The average molecular weight is 254 g/mol. The van der Waals surface area contributed by atoms with Crippen LogP contribution in [-0.4, -0.2) is 17.9 Å². The van der Waals surface area contributed by atoms with Gasteiger partial charge in [-0.3, -0.25) is 5.43 Å². The summed E-state index contributed by atoms with van der Waals surface area (Å²) < 4.78 is 0. The van der Waals surface area contributed by atoms with Gasteiger partial charge >= 0.3 is 0 Å². The van der Waals surface area contributed by atoms with Crippen molar-refractivity contribution in [3.8, 4) is 0 Å². The summed E-state index contributed by atoms with van der Waals surface area (Å²) in [5, 5.41) is 8.03. The Hall–Kier alpha value is -1.39. The van der Waals surface area contributed by atoms with Gasteiger partial charge in [0.15, 0.2) is 5.11 Å². The lowest BCUT2D eigenvalue weighted by atomic mass is 10.2. The molecule has 0 aromatic heterocycles. The second-order valence-electron chi connectivity index (χ2n) is 2.92. The molecule has 3 nitrogen and oxygen atoms in total. The van der Waals surface area contributed by atoms with E-state index < -0.39 is 0 Å². The molecule has 1 rings (SSSR count). The highest BCUT2D eigenvalue weighted by atomic mass is 35.5. The van der Waals surface area contributed by atoms with Gasteiger partial charge in [-0.2, -0.15) is 5.10 Å². The molecule has 0 bridgehead atoms. The van der Waals surface area contributed by atoms with Gasteiger partial charge in [-0.15, -0.1) is 6.58 Å². The summed E-state index contributed by atoms with van der Waals surface area (Å²) in [5.74, 6) is 0. The molecule has 5 heteroatoms. The van der Waals surface area contributed by atoms with Crippen LogP contribution in [-0.2, 0) is 0 Å². The van der Waals surface area contributed by atoms with Gasteiger partial charge in [0.05, 0.1) is 6.21 Å². The summed E-state index contributed by atoms with van der Waals surface area (Å²) in [4.78, 5) is 0. The number of benzene rings is 1. The second-order valence-corrected chi connectivity index (χ2v) is 3.76. The average Bonchev–Trinajstić information content (AvgIpc) is 2.29. The number of thiocarbonyl (C=S) groups is 1. The van der Waals surface area contributed by atoms with Gasteiger partial charge in [0, 0.05) is 11.6 Å². The van der Waals surface area contributed by atoms with Crippen molar-refractivity contribution < 1.29 is 0 Å². The molecule has 0 heterocycles. The number of hydrazone groups is 1. The van der Waals surface area contributed by atoms with E-state index in [9.17, 15) is 0 Å². The summed E-state index contributed by atoms with van der Waals surface area (Å²) in [5.41, 5.74) is 3.64. The minimum absolute atomic E-state index is 0.463. The van der Waals surface area contributed by atoms with E-state index in [0.29, 0.717) is 16.7 Å². The van der Waals surface area contributed by atoms with Crippen molar-refractivity contribution in [1.29, 1.82) is 0 Å². The van der Waals surface area contributed by atoms with Gasteiger partial charge in [-0.1, -0.05) is 29.8 Å². The molecule has 0 radical (unpaired) electrons. The molecule has 0 saturated heterocycles. The number of halogens is 1. The van der Waals surface area contributed by atoms with Crippen molar-refractivity contribution in [2.24, 2.45) is 5.10 Å². The van der Waals surface area contributed by atoms with Crippen LogP contribution >= 0.6 is 23.8 Å². The van der Waals surface area contributed by atoms with E-state index in [1.807, 2.05) is 12.1 Å². The molecule has 0 saturated carbocycles. The third-order valence-corrected chi connectivity index (χ3v) is 2.14. The van der Waals surface area contributed by atoms with Crippen molar-refractivity contribution in [3.05, 3.63) is 47.5 Å². The first-order valence-corrected chi connectivity index (χ1v) is 5.44. The number of hydrogen-bond donors (Lipinski definition) is 2. The molecule has 0 aliphatic heterocycles. The zero-order valence-electron chi connectivity index (χ0n) is 8.61. The van der Waals surface area contributed by atoms with Crippen molar-refractivity contribution >= 4 is 35.1 Å². The molecule has 0 unspecified atom stereocenters. The molecular weight excluding hydrogens is 242 g/mol. The summed E-state index contributed by atoms with van der Waals surface area (Å²) >= 11 is 10.7. The SMILES string of the molecule is C=CCNC(=S)N/N=C\c1ccc(Cl)cc1. The molecule has 0 aliphatic rings. The normalized spacial score (nSPS) is 10.1. The lowest BCUT2D eigenvalue weighted by Crippen LogP contribution is -2.31. The smallest absolute Gasteiger partial charge is 0.187 e. The van der Waals surface area contributed by atoms with Gasteiger partial charge in [-0.05, 0) is 29.9 Å². The molecule has 0 spiro atoms. The van der Waals surface area contributed by atoms with E-state index >= 15 is 0 Å². The predicted octanol–water partition coefficient (Wildman–Crippen LogP) is 2.32. The van der Waals surface area contributed by atoms with E-state index in [1.54, 1.807) is 24.4 Å². The Morgan fingerprint density at radius 1 is 1.44 bits per heavy atom. The number of nitrogens with zero attached hydrogens (tertiary/aromatic N) is 1. The number of rotatable bonds is 4. The van der Waals surface area contributed by atoms with Crippen LogP contribution in [0.25, 0.3) is 0 Å². The van der Waals surface area contributed by atoms with Crippen LogP contribution in [0.3, 0.4) is 0 Å². The van der Waals surface area contributed by atoms with E-state index in [1.165, 1.54) is 0 Å². The Labute approximate surface area is 105 Å². The fourth-order valence-corrected chi connectivity index (χ4v) is 1.18. The van der Waals surface area contributed by atoms with Crippen LogP contribution in [0, 0.1) is 0 Å². The summed E-state index contributed by atoms with van der Waals surface area (Å²) in [6.07, 6.45) is 3.38. The highest BCUT2D eigenvalue weighted by Crippen LogP contribution is 2.07. The van der Waals surface area contributed by atoms with E-state index in [-0.39, 0.29) is 0 Å². The molecule has 0 amide bonds. The van der Waals surface area contributed by atoms with Crippen LogP contribution in [0.2, 0.25) is 5.02 Å². The van der Waals surface area contributed by atoms with E-state index in [2.05, 4.69) is 22.4 Å². The van der Waals surface area contributed by atoms with Crippen molar-refractivity contribution in [2.45, 2.75) is 0 Å². The van der Waals surface area contributed by atoms with Gasteiger partial charge in [0.2, 0.25) is 0 Å². The zero-order valence-corrected chi connectivity index (χ0v) is 10.2. The first-order valence-electron chi connectivity index (χ1n) is 4.66. The maximum absolute atomic E-state index is 5.75. The monoisotopic (exact) mass is 253 g/mol. The zero-order chi connectivity index (χ0) is 11.8. The predicted molar refractivity (Wildman–Crippen MR) is 73.0 cm³/mol. The molecule has 0 atom stereocenters. The van der Waals surface area contributed by atoms with Gasteiger partial charge in [-0.25, -0.2) is 0 Å². The first kappa shape index (κ1) is 12.7. The minimum Gasteiger partial charge on any atom is -0.358 e. The molecule has 1 aromatic carbocycles. The van der Waals surface area contributed by atoms with E-state index in [0.717, 1.165) is 5.56 Å². The Bertz CT molecular complexity index is 387. The summed E-state index contributed by atoms with van der Waals surface area (Å²) in [6.45, 7) is 4.18. The highest BCUT2D eigenvalue weighted by Gasteiger charge is 1.90. The van der Waals surface area contributed by atoms with Crippen molar-refractivity contribution in [2.75, 3.05) is 6.54 Å². The molecule has 2 N–H and O–H groups in total. The molecular formula is C11H12ClN3S. The lowest BCUT2D eigenvalue weighted by molar-refractivity contribution is 0.942. The van der Waals surface area contributed by atoms with Gasteiger partial charge < -0.3 is 5.32 Å². The topological polar surface area (TPSA) is 36.4 Å². The van der Waals surface area contributed by atoms with Gasteiger partial charge in [0.1, 0.15) is 0 Å². The Balaban J connectivity index is 2.39. The molecule has 0 aliphatic carbocycles. The van der Waals surface area contributed by atoms with E-state index in [4.69, 9.17) is 23.8 Å². The fourth-order valence-electron chi connectivity index (χ4n) is 0.919. The van der Waals surface area contributed by atoms with Crippen LogP contribution in [0.1, 0.15) is 5.56 Å². The fraction of sp³-hybridized carbons (Fsp3) is 0.0909. The van der Waals surface area contributed by atoms with Crippen LogP contribution in [0.4, 0.5) is 0 Å². The van der Waals surface area contributed by atoms with Crippen molar-refractivity contribution in [1.82, 2.24) is 10.7 Å². The second kappa shape index (κ2) is 6.98. The Morgan fingerprint density at radius 2 is 2.12 bits per heavy atom. The van der Waals surface area contributed by atoms with Crippen LogP contribution < -0.4 is 10.7 Å². The lowest BCUT2D eigenvalue weighted by Gasteiger charge is -2.02. The Kier molecular flexibility index (Phi) is 5.53. The Morgan fingerprint density at radius 3 is 2.75 bits per heavy atom. The molecule has 1 aromatic rings. The third-order valence-electron chi connectivity index (χ3n) is 1.66. The van der Waals surface area contributed by atoms with Crippen molar-refractivity contribution in [3.63, 3.8) is 0 Å². The minimum atomic E-state index is 0.463. The standard InChI is InChI=1S/C11H12ClN3S/c1-2-7-13-11(16)15-14-8-9-3-5-10(12)6-4-9/h2-6,8H,1,7H2,(H2,13,15,16)/b14-8-. The number of hydrogen-bond acceptors (Lipinski definition) is 2. The summed E-state index contributed by atoms with van der Waals surface area (Å²) in [6, 6.07) is 7.34. The quantitative estimate of drug-likeness (QED) is 0.374. The maximum Gasteiger partial charge on any atom is 0.187 e. The van der Waals surface area contributed by atoms with Gasteiger partial charge in [0.25, 0.3) is 0 Å². The summed E-state index contributed by atoms with van der Waals surface area (Å²) in [7, 11) is 0. The third kappa shape index (κ3) is 4.91. The molecule has 0 fully saturated rings.